The van der Waals surface area contributed by atoms with Crippen molar-refractivity contribution in [3.05, 3.63) is 18.2 Å². The number of nitrogens with zero attached hydrogens (tertiary/aromatic N) is 2. The molecule has 0 N–H and O–H groups in total. The van der Waals surface area contributed by atoms with Gasteiger partial charge in [0.05, 0.1) is 26.4 Å². The van der Waals surface area contributed by atoms with E-state index < -0.39 is 0 Å². The first-order valence-corrected chi connectivity index (χ1v) is 7.48. The van der Waals surface area contributed by atoms with Gasteiger partial charge in [0.1, 0.15) is 16.7 Å². The van der Waals surface area contributed by atoms with Gasteiger partial charge in [-0.1, -0.05) is 0 Å². The van der Waals surface area contributed by atoms with Crippen LogP contribution in [-0.4, -0.2) is 42.2 Å². The van der Waals surface area contributed by atoms with Crippen LogP contribution < -0.4 is 9.47 Å². The summed E-state index contributed by atoms with van der Waals surface area (Å²) in [6, 6.07) is 5.30. The number of ether oxygens (including phenoxy) is 3. The van der Waals surface area contributed by atoms with Crippen molar-refractivity contribution in [3.8, 4) is 23.0 Å². The summed E-state index contributed by atoms with van der Waals surface area (Å²) in [4.78, 5) is 11.5. The number of thioether (sulfide) groups is 1. The predicted octanol–water partition coefficient (Wildman–Crippen LogP) is 2.16. The fourth-order valence-corrected chi connectivity index (χ4v) is 2.88. The Bertz CT molecular complexity index is 688. The zero-order chi connectivity index (χ0) is 15.5. The summed E-state index contributed by atoms with van der Waals surface area (Å²) in [5, 5.41) is 8.01. The van der Waals surface area contributed by atoms with Crippen molar-refractivity contribution < 1.29 is 23.4 Å². The quantitative estimate of drug-likeness (QED) is 0.774. The first kappa shape index (κ1) is 14.7. The molecule has 0 radical (unpaired) electrons. The fraction of sp³-hybridized carbons (Fsp3) is 0.357. The van der Waals surface area contributed by atoms with Crippen LogP contribution in [0.25, 0.3) is 11.5 Å². The van der Waals surface area contributed by atoms with Crippen molar-refractivity contribution in [2.45, 2.75) is 16.9 Å². The number of methoxy groups -OCH3 is 2. The Morgan fingerprint density at radius 1 is 1.27 bits per heavy atom. The molecule has 1 saturated heterocycles. The van der Waals surface area contributed by atoms with E-state index in [4.69, 9.17) is 18.6 Å². The second-order valence-corrected chi connectivity index (χ2v) is 5.66. The van der Waals surface area contributed by atoms with Gasteiger partial charge >= 0.3 is 5.97 Å². The maximum absolute atomic E-state index is 11.5. The molecular weight excluding hydrogens is 308 g/mol. The minimum Gasteiger partial charge on any atom is -0.497 e. The summed E-state index contributed by atoms with van der Waals surface area (Å²) in [6.45, 7) is 0.434. The summed E-state index contributed by atoms with van der Waals surface area (Å²) >= 11 is 1.22. The topological polar surface area (TPSA) is 83.7 Å². The van der Waals surface area contributed by atoms with Crippen molar-refractivity contribution in [1.29, 1.82) is 0 Å². The lowest BCUT2D eigenvalue weighted by molar-refractivity contribution is -0.137. The zero-order valence-electron chi connectivity index (χ0n) is 12.1. The SMILES string of the molecule is COc1ccc(-c2nnc(S[C@H]3CCOC3=O)o2)c(OC)c1. The van der Waals surface area contributed by atoms with Crippen molar-refractivity contribution in [1.82, 2.24) is 10.2 Å². The Balaban J connectivity index is 1.82. The molecule has 116 valence electrons. The largest absolute Gasteiger partial charge is 0.497 e. The number of hydrogen-bond acceptors (Lipinski definition) is 8. The van der Waals surface area contributed by atoms with E-state index in [1.54, 1.807) is 32.4 Å². The molecule has 8 heteroatoms. The van der Waals surface area contributed by atoms with E-state index in [-0.39, 0.29) is 11.2 Å². The van der Waals surface area contributed by atoms with Crippen LogP contribution in [0.15, 0.2) is 27.8 Å². The van der Waals surface area contributed by atoms with Gasteiger partial charge in [-0.25, -0.2) is 0 Å². The highest BCUT2D eigenvalue weighted by atomic mass is 32.2. The summed E-state index contributed by atoms with van der Waals surface area (Å²) < 4.78 is 21.0. The molecule has 0 saturated carbocycles. The monoisotopic (exact) mass is 322 g/mol. The van der Waals surface area contributed by atoms with Crippen LogP contribution in [0.4, 0.5) is 0 Å². The molecule has 0 unspecified atom stereocenters. The van der Waals surface area contributed by atoms with Crippen LogP contribution in [0.3, 0.4) is 0 Å². The molecule has 0 bridgehead atoms. The predicted molar refractivity (Wildman–Crippen MR) is 78.1 cm³/mol. The van der Waals surface area contributed by atoms with Crippen molar-refractivity contribution in [2.24, 2.45) is 0 Å². The van der Waals surface area contributed by atoms with Gasteiger partial charge in [0, 0.05) is 12.5 Å². The zero-order valence-corrected chi connectivity index (χ0v) is 12.9. The average molecular weight is 322 g/mol. The van der Waals surface area contributed by atoms with Gasteiger partial charge in [-0.2, -0.15) is 0 Å². The highest BCUT2D eigenvalue weighted by Crippen LogP contribution is 2.35. The van der Waals surface area contributed by atoms with Crippen LogP contribution in [-0.2, 0) is 9.53 Å². The minimum absolute atomic E-state index is 0.244. The Morgan fingerprint density at radius 2 is 2.14 bits per heavy atom. The molecule has 22 heavy (non-hydrogen) atoms. The minimum atomic E-state index is -0.286. The summed E-state index contributed by atoms with van der Waals surface area (Å²) in [7, 11) is 3.13. The smallest absolute Gasteiger partial charge is 0.319 e. The third kappa shape index (κ3) is 2.87. The van der Waals surface area contributed by atoms with Crippen LogP contribution in [0.1, 0.15) is 6.42 Å². The number of carbonyl (C=O) groups is 1. The van der Waals surface area contributed by atoms with E-state index in [0.717, 1.165) is 0 Å². The Labute approximate surface area is 130 Å². The van der Waals surface area contributed by atoms with Crippen molar-refractivity contribution in [3.63, 3.8) is 0 Å². The van der Waals surface area contributed by atoms with E-state index in [0.29, 0.717) is 41.2 Å². The first-order chi connectivity index (χ1) is 10.7. The molecule has 1 aromatic carbocycles. The number of hydrogen-bond donors (Lipinski definition) is 0. The molecule has 1 fully saturated rings. The molecular formula is C14H14N2O5S. The summed E-state index contributed by atoms with van der Waals surface area (Å²) in [5.41, 5.74) is 0.664. The van der Waals surface area contributed by atoms with Gasteiger partial charge in [-0.15, -0.1) is 10.2 Å². The first-order valence-electron chi connectivity index (χ1n) is 6.60. The van der Waals surface area contributed by atoms with Crippen LogP contribution in [0.5, 0.6) is 11.5 Å². The molecule has 3 rings (SSSR count). The Hall–Kier alpha value is -2.22. The molecule has 1 aliphatic heterocycles. The van der Waals surface area contributed by atoms with Crippen molar-refractivity contribution >= 4 is 17.7 Å². The summed E-state index contributed by atoms with van der Waals surface area (Å²) in [6.07, 6.45) is 0.646. The number of esters is 1. The molecule has 1 aliphatic rings. The van der Waals surface area contributed by atoms with E-state index in [9.17, 15) is 4.79 Å². The third-order valence-corrected chi connectivity index (χ3v) is 4.26. The lowest BCUT2D eigenvalue weighted by atomic mass is 10.2. The number of carbonyl (C=O) groups excluding carboxylic acids is 1. The number of cyclic esters (lactones) is 1. The van der Waals surface area contributed by atoms with Crippen molar-refractivity contribution in [2.75, 3.05) is 20.8 Å². The van der Waals surface area contributed by atoms with E-state index >= 15 is 0 Å². The van der Waals surface area contributed by atoms with E-state index in [2.05, 4.69) is 10.2 Å². The second-order valence-electron chi connectivity index (χ2n) is 4.50. The Morgan fingerprint density at radius 3 is 2.82 bits per heavy atom. The lowest BCUT2D eigenvalue weighted by Crippen LogP contribution is -2.09. The van der Waals surface area contributed by atoms with E-state index in [1.165, 1.54) is 11.8 Å². The summed E-state index contributed by atoms with van der Waals surface area (Å²) in [5.74, 6) is 1.32. The van der Waals surface area contributed by atoms with E-state index in [1.807, 2.05) is 0 Å². The normalized spacial score (nSPS) is 17.4. The van der Waals surface area contributed by atoms with Crippen LogP contribution >= 0.6 is 11.8 Å². The fourth-order valence-electron chi connectivity index (χ4n) is 2.05. The third-order valence-electron chi connectivity index (χ3n) is 3.18. The molecule has 0 amide bonds. The molecule has 1 atom stereocenters. The van der Waals surface area contributed by atoms with Crippen LogP contribution in [0, 0.1) is 0 Å². The van der Waals surface area contributed by atoms with Gasteiger partial charge in [0.15, 0.2) is 0 Å². The molecule has 7 nitrogen and oxygen atoms in total. The van der Waals surface area contributed by atoms with Crippen LogP contribution in [0.2, 0.25) is 0 Å². The van der Waals surface area contributed by atoms with Gasteiger partial charge in [-0.3, -0.25) is 4.79 Å². The molecule has 1 aromatic heterocycles. The second kappa shape index (κ2) is 6.27. The average Bonchev–Trinajstić information content (AvgIpc) is 3.17. The molecule has 0 spiro atoms. The maximum Gasteiger partial charge on any atom is 0.319 e. The number of benzene rings is 1. The standard InChI is InChI=1S/C14H14N2O5S/c1-18-8-3-4-9(10(7-8)19-2)12-15-16-14(21-12)22-11-5-6-20-13(11)17/h3-4,7,11H,5-6H2,1-2H3/t11-/m0/s1. The lowest BCUT2D eigenvalue weighted by Gasteiger charge is -2.07. The molecule has 2 aromatic rings. The Kier molecular flexibility index (Phi) is 4.19. The molecule has 2 heterocycles. The molecule has 0 aliphatic carbocycles. The highest BCUT2D eigenvalue weighted by molar-refractivity contribution is 8.00. The van der Waals surface area contributed by atoms with Gasteiger partial charge < -0.3 is 18.6 Å². The van der Waals surface area contributed by atoms with Gasteiger partial charge in [-0.05, 0) is 23.9 Å². The number of rotatable bonds is 5. The van der Waals surface area contributed by atoms with Gasteiger partial charge in [0.25, 0.3) is 11.1 Å². The highest BCUT2D eigenvalue weighted by Gasteiger charge is 2.29. The maximum atomic E-state index is 11.5. The van der Waals surface area contributed by atoms with Gasteiger partial charge in [0.2, 0.25) is 0 Å². The number of aromatic nitrogens is 2.